The number of pyridine rings is 1. The van der Waals surface area contributed by atoms with Crippen molar-refractivity contribution in [3.63, 3.8) is 0 Å². The van der Waals surface area contributed by atoms with Gasteiger partial charge in [-0.25, -0.2) is 4.98 Å². The lowest BCUT2D eigenvalue weighted by Gasteiger charge is -2.36. The maximum atomic E-state index is 12.9. The van der Waals surface area contributed by atoms with Crippen LogP contribution in [0.3, 0.4) is 0 Å². The summed E-state index contributed by atoms with van der Waals surface area (Å²) in [6.07, 6.45) is 9.55. The van der Waals surface area contributed by atoms with Gasteiger partial charge in [0.05, 0.1) is 10.6 Å². The molecule has 1 aliphatic carbocycles. The summed E-state index contributed by atoms with van der Waals surface area (Å²) in [4.78, 5) is 19.8. The molecule has 2 fully saturated rings. The van der Waals surface area contributed by atoms with E-state index in [1.807, 2.05) is 25.1 Å². The molecule has 1 saturated heterocycles. The highest BCUT2D eigenvalue weighted by Crippen LogP contribution is 2.28. The number of nitrogens with one attached hydrogen (secondary N) is 2. The van der Waals surface area contributed by atoms with E-state index < -0.39 is 0 Å². The number of hydrogen-bond donors (Lipinski definition) is 2. The summed E-state index contributed by atoms with van der Waals surface area (Å²) in [5.41, 5.74) is 2.58. The van der Waals surface area contributed by atoms with Crippen molar-refractivity contribution in [1.82, 2.24) is 9.88 Å². The first-order chi connectivity index (χ1) is 14.6. The summed E-state index contributed by atoms with van der Waals surface area (Å²) in [6.45, 7) is 5.32. The number of rotatable bonds is 6. The fourth-order valence-corrected chi connectivity index (χ4v) is 4.79. The van der Waals surface area contributed by atoms with Gasteiger partial charge in [0, 0.05) is 24.5 Å². The fraction of sp³-hybridized carbons (Fsp3) is 0.500. The predicted molar refractivity (Wildman–Crippen MR) is 123 cm³/mol. The van der Waals surface area contributed by atoms with Crippen LogP contribution in [0.1, 0.15) is 54.4 Å². The summed E-state index contributed by atoms with van der Waals surface area (Å²) in [5, 5.41) is 6.97. The summed E-state index contributed by atoms with van der Waals surface area (Å²) in [7, 11) is 0. The first-order valence-electron chi connectivity index (χ1n) is 11.1. The third-order valence-electron chi connectivity index (χ3n) is 6.46. The molecule has 2 aliphatic rings. The molecule has 1 aromatic heterocycles. The zero-order valence-corrected chi connectivity index (χ0v) is 18.4. The molecule has 0 unspecified atom stereocenters. The van der Waals surface area contributed by atoms with E-state index >= 15 is 0 Å². The highest BCUT2D eigenvalue weighted by Gasteiger charge is 2.27. The maximum Gasteiger partial charge on any atom is 0.258 e. The van der Waals surface area contributed by atoms with E-state index in [1.54, 1.807) is 12.1 Å². The van der Waals surface area contributed by atoms with Crippen molar-refractivity contribution in [2.75, 3.05) is 30.3 Å². The number of hydrogen-bond acceptors (Lipinski definition) is 4. The first-order valence-corrected chi connectivity index (χ1v) is 11.5. The Morgan fingerprint density at radius 2 is 1.90 bits per heavy atom. The lowest BCUT2D eigenvalue weighted by atomic mass is 9.95. The van der Waals surface area contributed by atoms with Gasteiger partial charge in [-0.2, -0.15) is 0 Å². The molecule has 0 radical (unpaired) electrons. The molecule has 30 heavy (non-hydrogen) atoms. The zero-order valence-electron chi connectivity index (χ0n) is 17.7. The topological polar surface area (TPSA) is 57.3 Å². The predicted octanol–water partition coefficient (Wildman–Crippen LogP) is 5.36. The summed E-state index contributed by atoms with van der Waals surface area (Å²) < 4.78 is 0. The van der Waals surface area contributed by atoms with Crippen LogP contribution in [0.15, 0.2) is 36.5 Å². The smallest absolute Gasteiger partial charge is 0.258 e. The Morgan fingerprint density at radius 3 is 2.60 bits per heavy atom. The third kappa shape index (κ3) is 5.32. The van der Waals surface area contributed by atoms with Crippen LogP contribution in [-0.2, 0) is 0 Å². The number of aromatic nitrogens is 1. The molecule has 2 heterocycles. The average molecular weight is 427 g/mol. The van der Waals surface area contributed by atoms with Crippen molar-refractivity contribution in [3.05, 3.63) is 52.7 Å². The van der Waals surface area contributed by atoms with Crippen LogP contribution in [-0.4, -0.2) is 41.5 Å². The molecule has 160 valence electrons. The number of anilines is 2. The SMILES string of the molecule is Cc1ccc(NCC2CCN(C3CCCC3)CC2)c(C(=O)Nc2ccc(Cl)cn2)c1. The van der Waals surface area contributed by atoms with Gasteiger partial charge in [-0.3, -0.25) is 4.79 Å². The van der Waals surface area contributed by atoms with Gasteiger partial charge in [-0.1, -0.05) is 36.1 Å². The second kappa shape index (κ2) is 9.80. The minimum Gasteiger partial charge on any atom is -0.384 e. The Labute approximate surface area is 184 Å². The molecule has 5 nitrogen and oxygen atoms in total. The highest BCUT2D eigenvalue weighted by molar-refractivity contribution is 6.30. The van der Waals surface area contributed by atoms with Crippen molar-refractivity contribution < 1.29 is 4.79 Å². The number of likely N-dealkylation sites (tertiary alicyclic amines) is 1. The Balaban J connectivity index is 1.35. The van der Waals surface area contributed by atoms with Crippen LogP contribution < -0.4 is 10.6 Å². The quantitative estimate of drug-likeness (QED) is 0.652. The van der Waals surface area contributed by atoms with E-state index in [9.17, 15) is 4.79 Å². The Kier molecular flexibility index (Phi) is 6.90. The second-order valence-electron chi connectivity index (χ2n) is 8.66. The molecule has 1 amide bonds. The molecule has 1 aliphatic heterocycles. The Bertz CT molecular complexity index is 856. The van der Waals surface area contributed by atoms with Crippen LogP contribution in [0.4, 0.5) is 11.5 Å². The summed E-state index contributed by atoms with van der Waals surface area (Å²) in [5.74, 6) is 0.987. The van der Waals surface area contributed by atoms with E-state index in [1.165, 1.54) is 57.8 Å². The maximum absolute atomic E-state index is 12.9. The lowest BCUT2D eigenvalue weighted by molar-refractivity contribution is 0.102. The molecule has 0 atom stereocenters. The van der Waals surface area contributed by atoms with E-state index in [-0.39, 0.29) is 5.91 Å². The number of carbonyl (C=O) groups is 1. The molecular weight excluding hydrogens is 396 g/mol. The zero-order chi connectivity index (χ0) is 20.9. The number of carbonyl (C=O) groups excluding carboxylic acids is 1. The van der Waals surface area contributed by atoms with Crippen molar-refractivity contribution in [2.45, 2.75) is 51.5 Å². The molecule has 1 saturated carbocycles. The van der Waals surface area contributed by atoms with Crippen molar-refractivity contribution in [3.8, 4) is 0 Å². The van der Waals surface area contributed by atoms with Crippen LogP contribution in [0, 0.1) is 12.8 Å². The van der Waals surface area contributed by atoms with E-state index in [4.69, 9.17) is 11.6 Å². The normalized spacial score (nSPS) is 18.5. The van der Waals surface area contributed by atoms with E-state index in [0.717, 1.165) is 23.8 Å². The molecular formula is C24H31ClN4O. The minimum absolute atomic E-state index is 0.160. The monoisotopic (exact) mass is 426 g/mol. The van der Waals surface area contributed by atoms with Crippen LogP contribution in [0.25, 0.3) is 0 Å². The van der Waals surface area contributed by atoms with E-state index in [0.29, 0.717) is 22.3 Å². The largest absolute Gasteiger partial charge is 0.384 e. The Hall–Kier alpha value is -2.11. The molecule has 6 heteroatoms. The minimum atomic E-state index is -0.160. The number of benzene rings is 1. The highest BCUT2D eigenvalue weighted by atomic mass is 35.5. The number of nitrogens with zero attached hydrogens (tertiary/aromatic N) is 2. The van der Waals surface area contributed by atoms with Gasteiger partial charge < -0.3 is 15.5 Å². The van der Waals surface area contributed by atoms with Gasteiger partial charge in [-0.15, -0.1) is 0 Å². The van der Waals surface area contributed by atoms with Gasteiger partial charge in [0.2, 0.25) is 0 Å². The van der Waals surface area contributed by atoms with Gasteiger partial charge in [0.1, 0.15) is 5.82 Å². The fourth-order valence-electron chi connectivity index (χ4n) is 4.68. The number of piperidine rings is 1. The first kappa shape index (κ1) is 21.1. The number of aryl methyl sites for hydroxylation is 1. The van der Waals surface area contributed by atoms with Gasteiger partial charge in [0.15, 0.2) is 0 Å². The molecule has 2 aromatic rings. The van der Waals surface area contributed by atoms with Crippen LogP contribution in [0.2, 0.25) is 5.02 Å². The lowest BCUT2D eigenvalue weighted by Crippen LogP contribution is -2.41. The number of halogens is 1. The molecule has 0 bridgehead atoms. The standard InChI is InChI=1S/C24H31ClN4O/c1-17-6-8-22(21(14-17)24(30)28-23-9-7-19(25)16-27-23)26-15-18-10-12-29(13-11-18)20-4-2-3-5-20/h6-9,14,16,18,20,26H,2-5,10-13,15H2,1H3,(H,27,28,30). The van der Waals surface area contributed by atoms with Gasteiger partial charge >= 0.3 is 0 Å². The van der Waals surface area contributed by atoms with Gasteiger partial charge in [-0.05, 0) is 75.9 Å². The van der Waals surface area contributed by atoms with Crippen molar-refractivity contribution in [1.29, 1.82) is 0 Å². The third-order valence-corrected chi connectivity index (χ3v) is 6.68. The average Bonchev–Trinajstić information content (AvgIpc) is 3.30. The van der Waals surface area contributed by atoms with Crippen molar-refractivity contribution >= 4 is 29.0 Å². The van der Waals surface area contributed by atoms with Gasteiger partial charge in [0.25, 0.3) is 5.91 Å². The summed E-state index contributed by atoms with van der Waals surface area (Å²) >= 11 is 5.88. The molecule has 4 rings (SSSR count). The Morgan fingerprint density at radius 1 is 1.13 bits per heavy atom. The molecule has 2 N–H and O–H groups in total. The molecule has 0 spiro atoms. The van der Waals surface area contributed by atoms with Crippen LogP contribution >= 0.6 is 11.6 Å². The van der Waals surface area contributed by atoms with E-state index in [2.05, 4.69) is 20.5 Å². The van der Waals surface area contributed by atoms with Crippen molar-refractivity contribution in [2.24, 2.45) is 5.92 Å². The van der Waals surface area contributed by atoms with Crippen LogP contribution in [0.5, 0.6) is 0 Å². The molecule has 1 aromatic carbocycles. The second-order valence-corrected chi connectivity index (χ2v) is 9.10. The summed E-state index contributed by atoms with van der Waals surface area (Å²) in [6, 6.07) is 10.2. The number of amides is 1.